The highest BCUT2D eigenvalue weighted by molar-refractivity contribution is 5.88. The highest BCUT2D eigenvalue weighted by atomic mass is 16.5. The number of unbranched alkanes of at least 4 members (excludes halogenated alkanes) is 2. The zero-order valence-corrected chi connectivity index (χ0v) is 19.7. The third kappa shape index (κ3) is 5.63. The molecule has 1 aliphatic rings. The molecule has 0 saturated carbocycles. The van der Waals surface area contributed by atoms with E-state index in [1.165, 1.54) is 0 Å². The summed E-state index contributed by atoms with van der Waals surface area (Å²) in [6.45, 7) is 7.60. The third-order valence-electron chi connectivity index (χ3n) is 5.81. The number of imidazole rings is 1. The van der Waals surface area contributed by atoms with Crippen LogP contribution < -0.4 is 15.1 Å². The molecule has 1 fully saturated rings. The smallest absolute Gasteiger partial charge is 0.243 e. The summed E-state index contributed by atoms with van der Waals surface area (Å²) >= 11 is 0. The summed E-state index contributed by atoms with van der Waals surface area (Å²) < 4.78 is 13.5. The number of anilines is 1. The van der Waals surface area contributed by atoms with Gasteiger partial charge in [0, 0.05) is 31.1 Å². The van der Waals surface area contributed by atoms with Crippen molar-refractivity contribution < 1.29 is 19.5 Å². The first-order chi connectivity index (χ1) is 16.6. The largest absolute Gasteiger partial charge is 0.494 e. The second-order valence-corrected chi connectivity index (χ2v) is 8.61. The minimum atomic E-state index is -0.360. The first kappa shape index (κ1) is 23.9. The van der Waals surface area contributed by atoms with Crippen molar-refractivity contribution >= 4 is 23.0 Å². The summed E-state index contributed by atoms with van der Waals surface area (Å²) in [6.07, 6.45) is 4.51. The highest BCUT2D eigenvalue weighted by Crippen LogP contribution is 2.31. The van der Waals surface area contributed by atoms with Gasteiger partial charge in [0.05, 0.1) is 26.1 Å². The molecule has 10 heteroatoms. The minimum Gasteiger partial charge on any atom is -0.494 e. The maximum atomic E-state index is 11.1. The molecule has 0 atom stereocenters. The van der Waals surface area contributed by atoms with Crippen LogP contribution in [0.15, 0.2) is 30.6 Å². The SMILES string of the molecule is CC(C)n1cnc2c(-c3cccc(OCCCCCC(=O)NO)c3)nc(N3CCOCC3)nc21. The lowest BCUT2D eigenvalue weighted by molar-refractivity contribution is -0.129. The lowest BCUT2D eigenvalue weighted by atomic mass is 10.1. The van der Waals surface area contributed by atoms with Crippen molar-refractivity contribution in [2.24, 2.45) is 0 Å². The zero-order valence-electron chi connectivity index (χ0n) is 19.7. The quantitative estimate of drug-likeness (QED) is 0.264. The fraction of sp³-hybridized carbons (Fsp3) is 0.500. The van der Waals surface area contributed by atoms with Crippen molar-refractivity contribution in [3.63, 3.8) is 0 Å². The van der Waals surface area contributed by atoms with Gasteiger partial charge < -0.3 is 18.9 Å². The Labute approximate surface area is 198 Å². The van der Waals surface area contributed by atoms with E-state index in [0.717, 1.165) is 54.1 Å². The Kier molecular flexibility index (Phi) is 7.91. The second-order valence-electron chi connectivity index (χ2n) is 8.61. The maximum absolute atomic E-state index is 11.1. The van der Waals surface area contributed by atoms with Crippen molar-refractivity contribution in [1.82, 2.24) is 25.0 Å². The number of nitrogens with one attached hydrogen (secondary N) is 1. The molecule has 1 saturated heterocycles. The van der Waals surface area contributed by atoms with Gasteiger partial charge in [0.15, 0.2) is 5.65 Å². The van der Waals surface area contributed by atoms with E-state index in [-0.39, 0.29) is 11.9 Å². The van der Waals surface area contributed by atoms with Crippen LogP contribution in [0.25, 0.3) is 22.4 Å². The average Bonchev–Trinajstić information content (AvgIpc) is 3.30. The van der Waals surface area contributed by atoms with Crippen molar-refractivity contribution in [3.8, 4) is 17.0 Å². The predicted molar refractivity (Wildman–Crippen MR) is 128 cm³/mol. The van der Waals surface area contributed by atoms with Gasteiger partial charge in [-0.1, -0.05) is 12.1 Å². The van der Waals surface area contributed by atoms with Gasteiger partial charge in [-0.05, 0) is 45.2 Å². The molecule has 0 spiro atoms. The fourth-order valence-corrected chi connectivity index (χ4v) is 3.93. The van der Waals surface area contributed by atoms with Crippen LogP contribution in [0.5, 0.6) is 5.75 Å². The molecule has 1 aliphatic heterocycles. The number of fused-ring (bicyclic) bond motifs is 1. The Hall–Kier alpha value is -3.24. The Bertz CT molecular complexity index is 1110. The second kappa shape index (κ2) is 11.3. The van der Waals surface area contributed by atoms with E-state index in [0.29, 0.717) is 38.6 Å². The van der Waals surface area contributed by atoms with Crippen LogP contribution >= 0.6 is 0 Å². The summed E-state index contributed by atoms with van der Waals surface area (Å²) in [5.41, 5.74) is 4.95. The first-order valence-corrected chi connectivity index (χ1v) is 11.8. The molecular formula is C24H32N6O4. The van der Waals surface area contributed by atoms with Crippen LogP contribution in [0.4, 0.5) is 5.95 Å². The molecule has 182 valence electrons. The van der Waals surface area contributed by atoms with Crippen molar-refractivity contribution in [2.75, 3.05) is 37.8 Å². The fourth-order valence-electron chi connectivity index (χ4n) is 3.93. The van der Waals surface area contributed by atoms with Crippen LogP contribution in [0.1, 0.15) is 45.6 Å². The Morgan fingerprint density at radius 2 is 2.03 bits per heavy atom. The molecule has 10 nitrogen and oxygen atoms in total. The molecule has 0 bridgehead atoms. The number of carbonyl (C=O) groups is 1. The van der Waals surface area contributed by atoms with Crippen LogP contribution in [0.2, 0.25) is 0 Å². The zero-order chi connectivity index (χ0) is 23.9. The van der Waals surface area contributed by atoms with Gasteiger partial charge in [-0.15, -0.1) is 0 Å². The monoisotopic (exact) mass is 468 g/mol. The molecule has 1 amide bonds. The van der Waals surface area contributed by atoms with Gasteiger partial charge in [0.2, 0.25) is 11.9 Å². The third-order valence-corrected chi connectivity index (χ3v) is 5.81. The minimum absolute atomic E-state index is 0.225. The van der Waals surface area contributed by atoms with Crippen molar-refractivity contribution in [3.05, 3.63) is 30.6 Å². The summed E-state index contributed by atoms with van der Waals surface area (Å²) in [4.78, 5) is 27.7. The number of morpholine rings is 1. The van der Waals surface area contributed by atoms with Crippen LogP contribution in [-0.4, -0.2) is 63.5 Å². The first-order valence-electron chi connectivity index (χ1n) is 11.8. The molecule has 3 heterocycles. The predicted octanol–water partition coefficient (Wildman–Crippen LogP) is 3.36. The highest BCUT2D eigenvalue weighted by Gasteiger charge is 2.21. The number of benzene rings is 1. The van der Waals surface area contributed by atoms with Crippen LogP contribution in [-0.2, 0) is 9.53 Å². The van der Waals surface area contributed by atoms with E-state index in [2.05, 4.69) is 28.3 Å². The molecular weight excluding hydrogens is 436 g/mol. The molecule has 0 unspecified atom stereocenters. The summed E-state index contributed by atoms with van der Waals surface area (Å²) in [5, 5.41) is 8.54. The van der Waals surface area contributed by atoms with Gasteiger partial charge in [0.1, 0.15) is 17.0 Å². The van der Waals surface area contributed by atoms with E-state index in [1.807, 2.05) is 30.6 Å². The lowest BCUT2D eigenvalue weighted by Gasteiger charge is -2.27. The standard InChI is InChI=1S/C24H32N6O4/c1-17(2)30-16-25-22-21(26-24(27-23(22)30)29-10-13-33-14-11-29)18-7-6-8-19(15-18)34-12-5-3-4-9-20(31)28-32/h6-8,15-17,32H,3-5,9-14H2,1-2H3,(H,28,31). The van der Waals surface area contributed by atoms with E-state index in [9.17, 15) is 4.79 Å². The summed E-state index contributed by atoms with van der Waals surface area (Å²) in [7, 11) is 0. The van der Waals surface area contributed by atoms with E-state index < -0.39 is 0 Å². The van der Waals surface area contributed by atoms with Crippen LogP contribution in [0, 0.1) is 0 Å². The number of aromatic nitrogens is 4. The Balaban J connectivity index is 1.54. The molecule has 0 aliphatic carbocycles. The molecule has 34 heavy (non-hydrogen) atoms. The normalized spacial score (nSPS) is 14.1. The molecule has 1 aromatic carbocycles. The topological polar surface area (TPSA) is 115 Å². The number of hydrogen-bond donors (Lipinski definition) is 2. The Morgan fingerprint density at radius 1 is 1.21 bits per heavy atom. The number of amides is 1. The molecule has 2 N–H and O–H groups in total. The lowest BCUT2D eigenvalue weighted by Crippen LogP contribution is -2.37. The van der Waals surface area contributed by atoms with E-state index >= 15 is 0 Å². The number of rotatable bonds is 10. The Morgan fingerprint density at radius 3 is 2.79 bits per heavy atom. The molecule has 4 rings (SSSR count). The molecule has 0 radical (unpaired) electrons. The van der Waals surface area contributed by atoms with Crippen LogP contribution in [0.3, 0.4) is 0 Å². The average molecular weight is 469 g/mol. The van der Waals surface area contributed by atoms with Gasteiger partial charge >= 0.3 is 0 Å². The van der Waals surface area contributed by atoms with E-state index in [4.69, 9.17) is 24.6 Å². The summed E-state index contributed by atoms with van der Waals surface area (Å²) in [5.74, 6) is 1.08. The van der Waals surface area contributed by atoms with Crippen molar-refractivity contribution in [1.29, 1.82) is 0 Å². The van der Waals surface area contributed by atoms with Gasteiger partial charge in [-0.3, -0.25) is 10.0 Å². The van der Waals surface area contributed by atoms with E-state index in [1.54, 1.807) is 5.48 Å². The summed E-state index contributed by atoms with van der Waals surface area (Å²) in [6, 6.07) is 8.11. The van der Waals surface area contributed by atoms with Crippen molar-refractivity contribution in [2.45, 2.75) is 45.6 Å². The number of hydroxylamine groups is 1. The van der Waals surface area contributed by atoms with Gasteiger partial charge in [0.25, 0.3) is 0 Å². The van der Waals surface area contributed by atoms with Gasteiger partial charge in [-0.2, -0.15) is 4.98 Å². The number of hydrogen-bond acceptors (Lipinski definition) is 8. The number of ether oxygens (including phenoxy) is 2. The maximum Gasteiger partial charge on any atom is 0.243 e. The number of carbonyl (C=O) groups excluding carboxylic acids is 1. The molecule has 2 aromatic heterocycles. The molecule has 3 aromatic rings. The van der Waals surface area contributed by atoms with Gasteiger partial charge in [-0.25, -0.2) is 15.4 Å². The number of nitrogens with zero attached hydrogens (tertiary/aromatic N) is 5.